The quantitative estimate of drug-likeness (QED) is 0.372. The summed E-state index contributed by atoms with van der Waals surface area (Å²) < 4.78 is 31.6. The molecule has 27 heavy (non-hydrogen) atoms. The Morgan fingerprint density at radius 2 is 1.85 bits per heavy atom. The number of ether oxygens (including phenoxy) is 1. The summed E-state index contributed by atoms with van der Waals surface area (Å²) in [5.41, 5.74) is 0.215. The predicted molar refractivity (Wildman–Crippen MR) is 98.9 cm³/mol. The lowest BCUT2D eigenvalue weighted by Crippen LogP contribution is -2.48. The Morgan fingerprint density at radius 1 is 1.19 bits per heavy atom. The fraction of sp³-hybridized carbons (Fsp3) is 0.500. The summed E-state index contributed by atoms with van der Waals surface area (Å²) in [6.07, 6.45) is 7.79. The third-order valence-electron chi connectivity index (χ3n) is 3.74. The van der Waals surface area contributed by atoms with E-state index >= 15 is 0 Å². The smallest absolute Gasteiger partial charge is 0.330 e. The zero-order chi connectivity index (χ0) is 20.2. The minimum atomic E-state index is -1.12. The van der Waals surface area contributed by atoms with Gasteiger partial charge >= 0.3 is 12.0 Å². The van der Waals surface area contributed by atoms with Gasteiger partial charge in [-0.3, -0.25) is 0 Å². The largest absolute Gasteiger partial charge is 0.451 e. The molecule has 1 aromatic rings. The predicted octanol–water partition coefficient (Wildman–Crippen LogP) is 3.18. The first-order chi connectivity index (χ1) is 12.8. The van der Waals surface area contributed by atoms with Crippen LogP contribution in [0.15, 0.2) is 18.2 Å². The molecule has 0 fully saturated rings. The van der Waals surface area contributed by atoms with E-state index in [-0.39, 0.29) is 18.6 Å². The second-order valence-corrected chi connectivity index (χ2v) is 6.64. The summed E-state index contributed by atoms with van der Waals surface area (Å²) in [7, 11) is 0. The molecule has 0 heterocycles. The molecule has 0 aliphatic carbocycles. The molecule has 7 heteroatoms. The Morgan fingerprint density at radius 3 is 2.44 bits per heavy atom. The summed E-state index contributed by atoms with van der Waals surface area (Å²) in [4.78, 5) is 24.1. The lowest BCUT2D eigenvalue weighted by atomic mass is 10.1. The van der Waals surface area contributed by atoms with Crippen molar-refractivity contribution in [1.82, 2.24) is 10.6 Å². The van der Waals surface area contributed by atoms with E-state index < -0.39 is 29.7 Å². The number of esters is 1. The van der Waals surface area contributed by atoms with Crippen LogP contribution in [-0.2, 0) is 16.0 Å². The number of carbonyl (C=O) groups is 2. The van der Waals surface area contributed by atoms with Gasteiger partial charge in [-0.1, -0.05) is 32.6 Å². The molecule has 0 radical (unpaired) electrons. The molecule has 1 atom stereocenters. The standard InChI is InChI=1S/C20H26F2N2O3/c1-4-9-27-19(25)18(12-15-10-16(21)13-17(22)11-15)24-20(26)23-8-6-5-7-14(2)3/h1,10-11,13-14,18H,5-9,12H2,2-3H3,(H2,23,24,26)/t18-/m0/s1. The molecule has 148 valence electrons. The lowest BCUT2D eigenvalue weighted by Gasteiger charge is -2.18. The molecule has 2 N–H and O–H groups in total. The number of terminal acetylenes is 1. The zero-order valence-electron chi connectivity index (χ0n) is 15.7. The number of amides is 2. The number of urea groups is 1. The number of hydrogen-bond donors (Lipinski definition) is 2. The fourth-order valence-electron chi connectivity index (χ4n) is 2.46. The summed E-state index contributed by atoms with van der Waals surface area (Å²) in [5.74, 6) is 0.446. The van der Waals surface area contributed by atoms with Gasteiger partial charge in [-0.2, -0.15) is 0 Å². The average molecular weight is 380 g/mol. The number of hydrogen-bond acceptors (Lipinski definition) is 3. The fourth-order valence-corrected chi connectivity index (χ4v) is 2.46. The van der Waals surface area contributed by atoms with Crippen molar-refractivity contribution in [3.05, 3.63) is 35.4 Å². The van der Waals surface area contributed by atoms with Crippen LogP contribution in [0.1, 0.15) is 38.7 Å². The number of unbranched alkanes of at least 4 members (excludes halogenated alkanes) is 1. The molecule has 1 aromatic carbocycles. The van der Waals surface area contributed by atoms with Gasteiger partial charge in [-0.05, 0) is 30.0 Å². The van der Waals surface area contributed by atoms with Crippen LogP contribution in [0.25, 0.3) is 0 Å². The van der Waals surface area contributed by atoms with E-state index in [4.69, 9.17) is 11.2 Å². The SMILES string of the molecule is C#CCOC(=O)[C@H](Cc1cc(F)cc(F)c1)NC(=O)NCCCCC(C)C. The second-order valence-electron chi connectivity index (χ2n) is 6.64. The van der Waals surface area contributed by atoms with E-state index in [1.54, 1.807) is 0 Å². The van der Waals surface area contributed by atoms with Crippen molar-refractivity contribution in [3.63, 3.8) is 0 Å². The van der Waals surface area contributed by atoms with Crippen LogP contribution in [-0.4, -0.2) is 31.2 Å². The molecule has 0 spiro atoms. The molecule has 0 aliphatic rings. The van der Waals surface area contributed by atoms with Crippen LogP contribution in [0.5, 0.6) is 0 Å². The second kappa shape index (κ2) is 11.9. The van der Waals surface area contributed by atoms with Crippen LogP contribution in [0.4, 0.5) is 13.6 Å². The Balaban J connectivity index is 2.64. The third kappa shape index (κ3) is 9.59. The number of benzene rings is 1. The lowest BCUT2D eigenvalue weighted by molar-refractivity contribution is -0.144. The van der Waals surface area contributed by atoms with Crippen LogP contribution >= 0.6 is 0 Å². The van der Waals surface area contributed by atoms with E-state index in [1.165, 1.54) is 0 Å². The first-order valence-electron chi connectivity index (χ1n) is 8.91. The number of nitrogens with one attached hydrogen (secondary N) is 2. The molecule has 5 nitrogen and oxygen atoms in total. The number of carbonyl (C=O) groups excluding carboxylic acids is 2. The molecular formula is C20H26F2N2O3. The Kier molecular flexibility index (Phi) is 9.88. The number of halogens is 2. The minimum Gasteiger partial charge on any atom is -0.451 e. The zero-order valence-corrected chi connectivity index (χ0v) is 15.7. The van der Waals surface area contributed by atoms with Gasteiger partial charge < -0.3 is 15.4 Å². The van der Waals surface area contributed by atoms with Crippen molar-refractivity contribution in [2.45, 2.75) is 45.6 Å². The van der Waals surface area contributed by atoms with Gasteiger partial charge in [-0.25, -0.2) is 18.4 Å². The van der Waals surface area contributed by atoms with Crippen molar-refractivity contribution in [1.29, 1.82) is 0 Å². The van der Waals surface area contributed by atoms with E-state index in [2.05, 4.69) is 30.4 Å². The van der Waals surface area contributed by atoms with Gasteiger partial charge in [-0.15, -0.1) is 6.42 Å². The van der Waals surface area contributed by atoms with E-state index in [1.807, 2.05) is 0 Å². The van der Waals surface area contributed by atoms with E-state index in [9.17, 15) is 18.4 Å². The van der Waals surface area contributed by atoms with Gasteiger partial charge in [0.2, 0.25) is 0 Å². The monoisotopic (exact) mass is 380 g/mol. The van der Waals surface area contributed by atoms with Crippen LogP contribution in [0, 0.1) is 29.9 Å². The summed E-state index contributed by atoms with van der Waals surface area (Å²) in [6, 6.07) is 1.24. The number of rotatable bonds is 10. The Labute approximate surface area is 158 Å². The molecule has 0 bridgehead atoms. The maximum Gasteiger partial charge on any atom is 0.330 e. The van der Waals surface area contributed by atoms with Crippen molar-refractivity contribution >= 4 is 12.0 Å². The molecular weight excluding hydrogens is 354 g/mol. The highest BCUT2D eigenvalue weighted by atomic mass is 19.1. The molecule has 0 unspecified atom stereocenters. The molecule has 0 aromatic heterocycles. The topological polar surface area (TPSA) is 67.4 Å². The highest BCUT2D eigenvalue weighted by Crippen LogP contribution is 2.11. The van der Waals surface area contributed by atoms with Gasteiger partial charge in [0.25, 0.3) is 0 Å². The van der Waals surface area contributed by atoms with Crippen molar-refractivity contribution in [2.24, 2.45) is 5.92 Å². The molecule has 2 amide bonds. The average Bonchev–Trinajstić information content (AvgIpc) is 2.57. The van der Waals surface area contributed by atoms with Gasteiger partial charge in [0.1, 0.15) is 17.7 Å². The first kappa shape index (κ1) is 22.4. The highest BCUT2D eigenvalue weighted by Gasteiger charge is 2.23. The van der Waals surface area contributed by atoms with E-state index in [0.717, 1.165) is 37.5 Å². The molecule has 0 saturated heterocycles. The Hall–Kier alpha value is -2.62. The van der Waals surface area contributed by atoms with Gasteiger partial charge in [0.05, 0.1) is 0 Å². The highest BCUT2D eigenvalue weighted by molar-refractivity contribution is 5.83. The molecule has 0 saturated carbocycles. The summed E-state index contributed by atoms with van der Waals surface area (Å²) >= 11 is 0. The van der Waals surface area contributed by atoms with Crippen molar-refractivity contribution in [2.75, 3.05) is 13.2 Å². The first-order valence-corrected chi connectivity index (χ1v) is 8.91. The van der Waals surface area contributed by atoms with Crippen LogP contribution < -0.4 is 10.6 Å². The summed E-state index contributed by atoms with van der Waals surface area (Å²) in [5, 5.41) is 5.13. The van der Waals surface area contributed by atoms with Gasteiger partial charge in [0, 0.05) is 19.0 Å². The molecule has 0 aliphatic heterocycles. The normalized spacial score (nSPS) is 11.6. The van der Waals surface area contributed by atoms with Crippen molar-refractivity contribution < 1.29 is 23.1 Å². The van der Waals surface area contributed by atoms with Crippen molar-refractivity contribution in [3.8, 4) is 12.3 Å². The molecule has 1 rings (SSSR count). The van der Waals surface area contributed by atoms with Crippen LogP contribution in [0.3, 0.4) is 0 Å². The third-order valence-corrected chi connectivity index (χ3v) is 3.74. The maximum atomic E-state index is 13.4. The van der Waals surface area contributed by atoms with Crippen LogP contribution in [0.2, 0.25) is 0 Å². The van der Waals surface area contributed by atoms with E-state index in [0.29, 0.717) is 12.5 Å². The minimum absolute atomic E-state index is 0.126. The Bertz CT molecular complexity index is 651. The maximum absolute atomic E-state index is 13.4. The summed E-state index contributed by atoms with van der Waals surface area (Å²) in [6.45, 7) is 4.45. The van der Waals surface area contributed by atoms with Gasteiger partial charge in [0.15, 0.2) is 6.61 Å².